The van der Waals surface area contributed by atoms with Crippen molar-refractivity contribution in [1.82, 2.24) is 0 Å². The maximum Gasteiger partial charge on any atom is 0.137 e. The first kappa shape index (κ1) is 13.7. The van der Waals surface area contributed by atoms with Gasteiger partial charge >= 0.3 is 0 Å². The standard InChI is InChI=1S/C16H23NO3/c1-18-11-6-7-14-12(9-11)13(17)10-16(20-14)8-4-3-5-15(16)19-2/h6-7,9,13,15H,3-5,8,10,17H2,1-2H3. The van der Waals surface area contributed by atoms with Crippen molar-refractivity contribution in [2.24, 2.45) is 5.73 Å². The van der Waals surface area contributed by atoms with Crippen molar-refractivity contribution in [2.45, 2.75) is 49.9 Å². The summed E-state index contributed by atoms with van der Waals surface area (Å²) in [4.78, 5) is 0. The largest absolute Gasteiger partial charge is 0.497 e. The number of nitrogens with two attached hydrogens (primary N) is 1. The molecular formula is C16H23NO3. The predicted molar refractivity (Wildman–Crippen MR) is 77.2 cm³/mol. The Balaban J connectivity index is 1.95. The first-order valence-electron chi connectivity index (χ1n) is 7.34. The van der Waals surface area contributed by atoms with Gasteiger partial charge in [0.2, 0.25) is 0 Å². The highest BCUT2D eigenvalue weighted by atomic mass is 16.5. The van der Waals surface area contributed by atoms with Gasteiger partial charge in [-0.05, 0) is 37.5 Å². The number of fused-ring (bicyclic) bond motifs is 1. The lowest BCUT2D eigenvalue weighted by Gasteiger charge is -2.47. The zero-order chi connectivity index (χ0) is 14.2. The Bertz CT molecular complexity index is 491. The van der Waals surface area contributed by atoms with Crippen molar-refractivity contribution >= 4 is 0 Å². The van der Waals surface area contributed by atoms with E-state index < -0.39 is 0 Å². The molecule has 0 aromatic heterocycles. The Morgan fingerprint density at radius 2 is 2.15 bits per heavy atom. The van der Waals surface area contributed by atoms with E-state index in [4.69, 9.17) is 19.9 Å². The van der Waals surface area contributed by atoms with Gasteiger partial charge in [0.1, 0.15) is 17.1 Å². The molecule has 4 nitrogen and oxygen atoms in total. The van der Waals surface area contributed by atoms with E-state index in [9.17, 15) is 0 Å². The molecule has 2 aliphatic rings. The molecule has 20 heavy (non-hydrogen) atoms. The van der Waals surface area contributed by atoms with Gasteiger partial charge < -0.3 is 19.9 Å². The van der Waals surface area contributed by atoms with Crippen LogP contribution in [0.4, 0.5) is 0 Å². The SMILES string of the molecule is COc1ccc2c(c1)C(N)CC1(CCCCC1OC)O2. The van der Waals surface area contributed by atoms with Crippen LogP contribution in [0.2, 0.25) is 0 Å². The molecule has 2 N–H and O–H groups in total. The molecule has 1 heterocycles. The van der Waals surface area contributed by atoms with E-state index in [0.717, 1.165) is 36.3 Å². The normalized spacial score (nSPS) is 32.5. The zero-order valence-electron chi connectivity index (χ0n) is 12.2. The maximum atomic E-state index is 6.40. The Hall–Kier alpha value is -1.26. The molecule has 1 saturated carbocycles. The average Bonchev–Trinajstić information content (AvgIpc) is 2.47. The molecule has 3 unspecified atom stereocenters. The summed E-state index contributed by atoms with van der Waals surface area (Å²) in [6, 6.07) is 5.85. The summed E-state index contributed by atoms with van der Waals surface area (Å²) in [6.07, 6.45) is 5.40. The minimum Gasteiger partial charge on any atom is -0.497 e. The molecule has 110 valence electrons. The summed E-state index contributed by atoms with van der Waals surface area (Å²) in [6.45, 7) is 0. The summed E-state index contributed by atoms with van der Waals surface area (Å²) in [5.74, 6) is 1.71. The van der Waals surface area contributed by atoms with Crippen molar-refractivity contribution in [3.05, 3.63) is 23.8 Å². The molecule has 1 fully saturated rings. The van der Waals surface area contributed by atoms with Crippen LogP contribution in [-0.2, 0) is 4.74 Å². The summed E-state index contributed by atoms with van der Waals surface area (Å²) in [7, 11) is 3.44. The Morgan fingerprint density at radius 3 is 2.90 bits per heavy atom. The molecule has 1 aliphatic heterocycles. The van der Waals surface area contributed by atoms with E-state index in [2.05, 4.69) is 0 Å². The van der Waals surface area contributed by atoms with Crippen LogP contribution < -0.4 is 15.2 Å². The lowest BCUT2D eigenvalue weighted by Crippen LogP contribution is -2.54. The van der Waals surface area contributed by atoms with E-state index in [0.29, 0.717) is 0 Å². The molecule has 0 saturated heterocycles. The van der Waals surface area contributed by atoms with E-state index >= 15 is 0 Å². The van der Waals surface area contributed by atoms with E-state index in [1.165, 1.54) is 12.8 Å². The third-order valence-corrected chi connectivity index (χ3v) is 4.68. The molecule has 3 rings (SSSR count). The quantitative estimate of drug-likeness (QED) is 0.903. The molecule has 0 bridgehead atoms. The molecule has 1 spiro atoms. The lowest BCUT2D eigenvalue weighted by atomic mass is 9.75. The molecule has 0 radical (unpaired) electrons. The Morgan fingerprint density at radius 1 is 1.30 bits per heavy atom. The van der Waals surface area contributed by atoms with E-state index in [-0.39, 0.29) is 17.7 Å². The zero-order valence-corrected chi connectivity index (χ0v) is 12.2. The number of rotatable bonds is 2. The topological polar surface area (TPSA) is 53.7 Å². The summed E-state index contributed by atoms with van der Waals surface area (Å²) in [5, 5.41) is 0. The van der Waals surface area contributed by atoms with Crippen LogP contribution in [0.15, 0.2) is 18.2 Å². The van der Waals surface area contributed by atoms with Gasteiger partial charge in [0.15, 0.2) is 0 Å². The van der Waals surface area contributed by atoms with Crippen molar-refractivity contribution in [1.29, 1.82) is 0 Å². The third kappa shape index (κ3) is 2.17. The van der Waals surface area contributed by atoms with Gasteiger partial charge in [-0.3, -0.25) is 0 Å². The number of benzene rings is 1. The van der Waals surface area contributed by atoms with Crippen molar-refractivity contribution in [3.63, 3.8) is 0 Å². The van der Waals surface area contributed by atoms with Crippen LogP contribution >= 0.6 is 0 Å². The second-order valence-electron chi connectivity index (χ2n) is 5.85. The summed E-state index contributed by atoms with van der Waals surface area (Å²) in [5.41, 5.74) is 7.18. The van der Waals surface area contributed by atoms with Crippen LogP contribution in [0.25, 0.3) is 0 Å². The van der Waals surface area contributed by atoms with Crippen LogP contribution in [0.3, 0.4) is 0 Å². The lowest BCUT2D eigenvalue weighted by molar-refractivity contribution is -0.114. The Labute approximate surface area is 120 Å². The first-order valence-corrected chi connectivity index (χ1v) is 7.34. The van der Waals surface area contributed by atoms with Gasteiger partial charge in [-0.2, -0.15) is 0 Å². The fourth-order valence-electron chi connectivity index (χ4n) is 3.64. The molecule has 3 atom stereocenters. The van der Waals surface area contributed by atoms with Crippen molar-refractivity contribution < 1.29 is 14.2 Å². The summed E-state index contributed by atoms with van der Waals surface area (Å²) >= 11 is 0. The van der Waals surface area contributed by atoms with Gasteiger partial charge in [-0.25, -0.2) is 0 Å². The van der Waals surface area contributed by atoms with Crippen molar-refractivity contribution in [3.8, 4) is 11.5 Å². The van der Waals surface area contributed by atoms with Gasteiger partial charge in [0.25, 0.3) is 0 Å². The highest BCUT2D eigenvalue weighted by molar-refractivity contribution is 5.44. The van der Waals surface area contributed by atoms with Crippen LogP contribution in [0.1, 0.15) is 43.7 Å². The third-order valence-electron chi connectivity index (χ3n) is 4.68. The number of hydrogen-bond donors (Lipinski definition) is 1. The minimum atomic E-state index is -0.256. The fourth-order valence-corrected chi connectivity index (χ4v) is 3.64. The van der Waals surface area contributed by atoms with Gasteiger partial charge in [0, 0.05) is 25.1 Å². The smallest absolute Gasteiger partial charge is 0.137 e. The van der Waals surface area contributed by atoms with Crippen molar-refractivity contribution in [2.75, 3.05) is 14.2 Å². The highest BCUT2D eigenvalue weighted by Gasteiger charge is 2.47. The first-order chi connectivity index (χ1) is 9.68. The fraction of sp³-hybridized carbons (Fsp3) is 0.625. The molecule has 1 aromatic carbocycles. The monoisotopic (exact) mass is 277 g/mol. The maximum absolute atomic E-state index is 6.40. The molecule has 1 aromatic rings. The molecule has 0 amide bonds. The van der Waals surface area contributed by atoms with Crippen LogP contribution in [0.5, 0.6) is 11.5 Å². The molecule has 1 aliphatic carbocycles. The second kappa shape index (κ2) is 5.26. The van der Waals surface area contributed by atoms with E-state index in [1.54, 1.807) is 14.2 Å². The van der Waals surface area contributed by atoms with Gasteiger partial charge in [0.05, 0.1) is 13.2 Å². The van der Waals surface area contributed by atoms with E-state index in [1.807, 2.05) is 18.2 Å². The summed E-state index contributed by atoms with van der Waals surface area (Å²) < 4.78 is 17.3. The van der Waals surface area contributed by atoms with Gasteiger partial charge in [-0.1, -0.05) is 6.42 Å². The molecule has 4 heteroatoms. The second-order valence-corrected chi connectivity index (χ2v) is 5.85. The average molecular weight is 277 g/mol. The Kier molecular flexibility index (Phi) is 3.61. The highest BCUT2D eigenvalue weighted by Crippen LogP contribution is 2.46. The number of ether oxygens (including phenoxy) is 3. The number of hydrogen-bond acceptors (Lipinski definition) is 4. The van der Waals surface area contributed by atoms with Gasteiger partial charge in [-0.15, -0.1) is 0 Å². The number of methoxy groups -OCH3 is 2. The van der Waals surface area contributed by atoms with Crippen LogP contribution in [0, 0.1) is 0 Å². The minimum absolute atomic E-state index is 0.0235. The molecular weight excluding hydrogens is 254 g/mol. The van der Waals surface area contributed by atoms with Crippen LogP contribution in [-0.4, -0.2) is 25.9 Å². The predicted octanol–water partition coefficient (Wildman–Crippen LogP) is 2.81.